The Labute approximate surface area is 84.8 Å². The number of ether oxygens (including phenoxy) is 2. The van der Waals surface area contributed by atoms with Crippen molar-refractivity contribution in [1.29, 1.82) is 0 Å². The van der Waals surface area contributed by atoms with Gasteiger partial charge in [-0.3, -0.25) is 0 Å². The molecule has 0 aliphatic heterocycles. The van der Waals surface area contributed by atoms with E-state index in [0.29, 0.717) is 6.61 Å². The Morgan fingerprint density at radius 3 is 2.64 bits per heavy atom. The number of hydrogen-bond acceptors (Lipinski definition) is 3. The predicted molar refractivity (Wildman–Crippen MR) is 56.5 cm³/mol. The van der Waals surface area contributed by atoms with Gasteiger partial charge in [0.2, 0.25) is 0 Å². The summed E-state index contributed by atoms with van der Waals surface area (Å²) in [7, 11) is 3.29. The third-order valence-corrected chi connectivity index (χ3v) is 2.22. The molecular formula is C11H17NO2. The monoisotopic (exact) mass is 195 g/mol. The van der Waals surface area contributed by atoms with Gasteiger partial charge in [-0.05, 0) is 18.6 Å². The molecule has 0 radical (unpaired) electrons. The first kappa shape index (κ1) is 11.0. The molecule has 0 aliphatic rings. The van der Waals surface area contributed by atoms with Crippen LogP contribution in [0.3, 0.4) is 0 Å². The molecule has 0 aliphatic carbocycles. The third kappa shape index (κ3) is 2.25. The molecule has 0 spiro atoms. The average Bonchev–Trinajstić information content (AvgIpc) is 2.17. The Balaban J connectivity index is 3.03. The van der Waals surface area contributed by atoms with Gasteiger partial charge in [0, 0.05) is 12.7 Å². The second-order valence-electron chi connectivity index (χ2n) is 3.25. The average molecular weight is 195 g/mol. The molecule has 2 N–H and O–H groups in total. The summed E-state index contributed by atoms with van der Waals surface area (Å²) in [4.78, 5) is 0. The summed E-state index contributed by atoms with van der Waals surface area (Å²) in [6, 6.07) is 5.76. The third-order valence-electron chi connectivity index (χ3n) is 2.22. The smallest absolute Gasteiger partial charge is 0.123 e. The largest absolute Gasteiger partial charge is 0.496 e. The highest BCUT2D eigenvalue weighted by Crippen LogP contribution is 2.26. The van der Waals surface area contributed by atoms with E-state index in [2.05, 4.69) is 0 Å². The summed E-state index contributed by atoms with van der Waals surface area (Å²) in [5.74, 6) is 0.828. The van der Waals surface area contributed by atoms with Crippen molar-refractivity contribution in [2.45, 2.75) is 13.0 Å². The number of hydrogen-bond donors (Lipinski definition) is 1. The molecule has 1 aromatic carbocycles. The molecule has 3 heteroatoms. The van der Waals surface area contributed by atoms with Crippen molar-refractivity contribution in [3.05, 3.63) is 29.3 Å². The van der Waals surface area contributed by atoms with E-state index in [1.807, 2.05) is 25.1 Å². The zero-order chi connectivity index (χ0) is 10.6. The second-order valence-corrected chi connectivity index (χ2v) is 3.25. The van der Waals surface area contributed by atoms with Crippen molar-refractivity contribution in [1.82, 2.24) is 0 Å². The van der Waals surface area contributed by atoms with Crippen LogP contribution in [0.15, 0.2) is 18.2 Å². The van der Waals surface area contributed by atoms with E-state index in [9.17, 15) is 0 Å². The molecule has 78 valence electrons. The summed E-state index contributed by atoms with van der Waals surface area (Å²) in [6.45, 7) is 2.52. The standard InChI is InChI=1S/C11H17NO2/c1-8-5-4-6-10(14-3)11(8)9(12)7-13-2/h4-6,9H,7,12H2,1-3H3. The van der Waals surface area contributed by atoms with Crippen LogP contribution in [0.5, 0.6) is 5.75 Å². The van der Waals surface area contributed by atoms with E-state index in [0.717, 1.165) is 16.9 Å². The van der Waals surface area contributed by atoms with Crippen LogP contribution in [0.2, 0.25) is 0 Å². The van der Waals surface area contributed by atoms with Crippen molar-refractivity contribution < 1.29 is 9.47 Å². The first-order chi connectivity index (χ1) is 6.70. The summed E-state index contributed by atoms with van der Waals surface area (Å²) in [6.07, 6.45) is 0. The lowest BCUT2D eigenvalue weighted by atomic mass is 10.0. The van der Waals surface area contributed by atoms with E-state index >= 15 is 0 Å². The van der Waals surface area contributed by atoms with E-state index in [1.165, 1.54) is 0 Å². The van der Waals surface area contributed by atoms with Gasteiger partial charge in [0.05, 0.1) is 19.8 Å². The maximum absolute atomic E-state index is 5.98. The molecule has 1 aromatic rings. The minimum absolute atomic E-state index is 0.129. The molecule has 0 aromatic heterocycles. The van der Waals surface area contributed by atoms with Gasteiger partial charge in [-0.15, -0.1) is 0 Å². The summed E-state index contributed by atoms with van der Waals surface area (Å²) in [5, 5.41) is 0. The first-order valence-corrected chi connectivity index (χ1v) is 4.58. The first-order valence-electron chi connectivity index (χ1n) is 4.58. The number of nitrogens with two attached hydrogens (primary N) is 1. The molecule has 14 heavy (non-hydrogen) atoms. The van der Waals surface area contributed by atoms with Gasteiger partial charge in [0.1, 0.15) is 5.75 Å². The molecule has 1 unspecified atom stereocenters. The highest BCUT2D eigenvalue weighted by Gasteiger charge is 2.13. The van der Waals surface area contributed by atoms with Crippen molar-refractivity contribution >= 4 is 0 Å². The van der Waals surface area contributed by atoms with Crippen LogP contribution in [-0.2, 0) is 4.74 Å². The molecule has 3 nitrogen and oxygen atoms in total. The summed E-state index contributed by atoms with van der Waals surface area (Å²) in [5.41, 5.74) is 8.14. The molecule has 0 fully saturated rings. The van der Waals surface area contributed by atoms with Gasteiger partial charge in [0.15, 0.2) is 0 Å². The van der Waals surface area contributed by atoms with E-state index < -0.39 is 0 Å². The topological polar surface area (TPSA) is 44.5 Å². The molecule has 1 rings (SSSR count). The van der Waals surface area contributed by atoms with Gasteiger partial charge in [-0.1, -0.05) is 12.1 Å². The van der Waals surface area contributed by atoms with Crippen molar-refractivity contribution in [2.24, 2.45) is 5.73 Å². The normalized spacial score (nSPS) is 12.6. The highest BCUT2D eigenvalue weighted by molar-refractivity contribution is 5.41. The van der Waals surface area contributed by atoms with Crippen LogP contribution in [0.1, 0.15) is 17.2 Å². The van der Waals surface area contributed by atoms with Gasteiger partial charge in [0.25, 0.3) is 0 Å². The summed E-state index contributed by atoms with van der Waals surface area (Å²) >= 11 is 0. The maximum atomic E-state index is 5.98. The minimum atomic E-state index is -0.129. The SMILES string of the molecule is COCC(N)c1c(C)cccc1OC. The second kappa shape index (κ2) is 4.98. The van der Waals surface area contributed by atoms with Gasteiger partial charge < -0.3 is 15.2 Å². The number of aryl methyl sites for hydroxylation is 1. The molecule has 0 heterocycles. The van der Waals surface area contributed by atoms with Crippen molar-refractivity contribution in [3.8, 4) is 5.75 Å². The fourth-order valence-electron chi connectivity index (χ4n) is 1.57. The lowest BCUT2D eigenvalue weighted by molar-refractivity contribution is 0.179. The lowest BCUT2D eigenvalue weighted by Crippen LogP contribution is -2.18. The summed E-state index contributed by atoms with van der Waals surface area (Å²) < 4.78 is 10.3. The fourth-order valence-corrected chi connectivity index (χ4v) is 1.57. The Kier molecular flexibility index (Phi) is 3.92. The van der Waals surface area contributed by atoms with Crippen LogP contribution < -0.4 is 10.5 Å². The number of methoxy groups -OCH3 is 2. The van der Waals surface area contributed by atoms with Crippen molar-refractivity contribution in [3.63, 3.8) is 0 Å². The Bertz CT molecular complexity index is 299. The van der Waals surface area contributed by atoms with Crippen molar-refractivity contribution in [2.75, 3.05) is 20.8 Å². The van der Waals surface area contributed by atoms with Crippen LogP contribution in [-0.4, -0.2) is 20.8 Å². The van der Waals surface area contributed by atoms with E-state index in [1.54, 1.807) is 14.2 Å². The van der Waals surface area contributed by atoms with Crippen LogP contribution >= 0.6 is 0 Å². The van der Waals surface area contributed by atoms with Crippen LogP contribution in [0.4, 0.5) is 0 Å². The Hall–Kier alpha value is -1.06. The lowest BCUT2D eigenvalue weighted by Gasteiger charge is -2.17. The van der Waals surface area contributed by atoms with Crippen LogP contribution in [0, 0.1) is 6.92 Å². The Morgan fingerprint density at radius 1 is 1.36 bits per heavy atom. The van der Waals surface area contributed by atoms with Crippen LogP contribution in [0.25, 0.3) is 0 Å². The molecule has 1 atom stereocenters. The molecule has 0 saturated heterocycles. The zero-order valence-electron chi connectivity index (χ0n) is 8.91. The maximum Gasteiger partial charge on any atom is 0.123 e. The predicted octanol–water partition coefficient (Wildman–Crippen LogP) is 1.65. The molecule has 0 saturated carbocycles. The molecule has 0 bridgehead atoms. The fraction of sp³-hybridized carbons (Fsp3) is 0.455. The number of benzene rings is 1. The molecule has 0 amide bonds. The quantitative estimate of drug-likeness (QED) is 0.794. The van der Waals surface area contributed by atoms with Gasteiger partial charge >= 0.3 is 0 Å². The van der Waals surface area contributed by atoms with E-state index in [4.69, 9.17) is 15.2 Å². The molecular weight excluding hydrogens is 178 g/mol. The van der Waals surface area contributed by atoms with Gasteiger partial charge in [-0.2, -0.15) is 0 Å². The van der Waals surface area contributed by atoms with Gasteiger partial charge in [-0.25, -0.2) is 0 Å². The zero-order valence-corrected chi connectivity index (χ0v) is 8.91. The Morgan fingerprint density at radius 2 is 2.07 bits per heavy atom. The van der Waals surface area contributed by atoms with E-state index in [-0.39, 0.29) is 6.04 Å². The minimum Gasteiger partial charge on any atom is -0.496 e. The number of rotatable bonds is 4. The highest BCUT2D eigenvalue weighted by atomic mass is 16.5.